The quantitative estimate of drug-likeness (QED) is 0.728. The van der Waals surface area contributed by atoms with Crippen molar-refractivity contribution in [2.24, 2.45) is 0 Å². The Balaban J connectivity index is 1.64. The summed E-state index contributed by atoms with van der Waals surface area (Å²) in [6.45, 7) is 2.86. The van der Waals surface area contributed by atoms with Gasteiger partial charge in [0.05, 0.1) is 6.04 Å². The third-order valence-corrected chi connectivity index (χ3v) is 5.30. The highest BCUT2D eigenvalue weighted by Crippen LogP contribution is 2.33. The summed E-state index contributed by atoms with van der Waals surface area (Å²) >= 11 is 1.78. The topological polar surface area (TPSA) is 51.0 Å². The number of pyridine rings is 1. The number of imidazole rings is 1. The molecule has 0 fully saturated rings. The van der Waals surface area contributed by atoms with Crippen LogP contribution < -0.4 is 0 Å². The molecule has 4 heterocycles. The molecular weight excluding hydrogens is 308 g/mol. The second kappa shape index (κ2) is 5.62. The molecule has 3 aromatic rings. The highest BCUT2D eigenvalue weighted by atomic mass is 32.1. The van der Waals surface area contributed by atoms with Gasteiger partial charge in [-0.1, -0.05) is 0 Å². The summed E-state index contributed by atoms with van der Waals surface area (Å²) in [6, 6.07) is 5.84. The summed E-state index contributed by atoms with van der Waals surface area (Å²) in [4.78, 5) is 24.6. The fraction of sp³-hybridized carbons (Fsp3) is 0.235. The molecule has 0 saturated carbocycles. The monoisotopic (exact) mass is 324 g/mol. The number of thiophene rings is 1. The fourth-order valence-corrected chi connectivity index (χ4v) is 4.00. The van der Waals surface area contributed by atoms with Gasteiger partial charge in [-0.25, -0.2) is 9.97 Å². The van der Waals surface area contributed by atoms with Crippen LogP contribution in [0.2, 0.25) is 0 Å². The van der Waals surface area contributed by atoms with Crippen LogP contribution in [-0.2, 0) is 6.42 Å². The zero-order chi connectivity index (χ0) is 15.8. The number of nitrogens with zero attached hydrogens (tertiary/aromatic N) is 4. The lowest BCUT2D eigenvalue weighted by atomic mass is 10.0. The number of fused-ring (bicyclic) bond motifs is 1. The molecule has 1 aliphatic rings. The van der Waals surface area contributed by atoms with Crippen LogP contribution in [0.15, 0.2) is 48.5 Å². The van der Waals surface area contributed by atoms with E-state index >= 15 is 0 Å². The van der Waals surface area contributed by atoms with Crippen molar-refractivity contribution in [2.75, 3.05) is 6.54 Å². The molecule has 0 aromatic carbocycles. The highest BCUT2D eigenvalue weighted by Gasteiger charge is 2.29. The van der Waals surface area contributed by atoms with Gasteiger partial charge in [0.2, 0.25) is 0 Å². The SMILES string of the molecule is C[C@H]1c2ccsc2CCN1C(=O)c1ccnc(-n2ccnc2)c1. The van der Waals surface area contributed by atoms with Crippen molar-refractivity contribution < 1.29 is 4.79 Å². The first-order valence-corrected chi connectivity index (χ1v) is 8.43. The zero-order valence-electron chi connectivity index (χ0n) is 12.7. The first-order chi connectivity index (χ1) is 11.2. The molecule has 1 aliphatic heterocycles. The van der Waals surface area contributed by atoms with Crippen molar-refractivity contribution in [1.29, 1.82) is 0 Å². The molecule has 6 heteroatoms. The molecule has 4 rings (SSSR count). The van der Waals surface area contributed by atoms with Crippen LogP contribution in [0.1, 0.15) is 33.8 Å². The predicted molar refractivity (Wildman–Crippen MR) is 88.8 cm³/mol. The molecule has 0 saturated heterocycles. The standard InChI is InChI=1S/C17H16N4OS/c1-12-14-4-9-23-15(14)3-7-21(12)17(22)13-2-5-19-16(10-13)20-8-6-18-11-20/h2,4-6,8-12H,3,7H2,1H3/t12-/m0/s1. The maximum atomic E-state index is 12.9. The summed E-state index contributed by atoms with van der Waals surface area (Å²) in [5.74, 6) is 0.757. The highest BCUT2D eigenvalue weighted by molar-refractivity contribution is 7.10. The Kier molecular flexibility index (Phi) is 3.46. The maximum absolute atomic E-state index is 12.9. The summed E-state index contributed by atoms with van der Waals surface area (Å²) in [5.41, 5.74) is 1.94. The van der Waals surface area contributed by atoms with Crippen molar-refractivity contribution in [3.8, 4) is 5.82 Å². The zero-order valence-corrected chi connectivity index (χ0v) is 13.5. The summed E-state index contributed by atoms with van der Waals surface area (Å²) < 4.78 is 1.80. The fourth-order valence-electron chi connectivity index (χ4n) is 3.04. The van der Waals surface area contributed by atoms with Gasteiger partial charge < -0.3 is 4.90 Å². The molecule has 0 spiro atoms. The van der Waals surface area contributed by atoms with Crippen molar-refractivity contribution in [1.82, 2.24) is 19.4 Å². The van der Waals surface area contributed by atoms with Crippen LogP contribution in [0.25, 0.3) is 5.82 Å². The molecule has 0 bridgehead atoms. The molecule has 3 aromatic heterocycles. The van der Waals surface area contributed by atoms with Gasteiger partial charge >= 0.3 is 0 Å². The van der Waals surface area contributed by atoms with Gasteiger partial charge in [0.1, 0.15) is 12.1 Å². The smallest absolute Gasteiger partial charge is 0.254 e. The number of amides is 1. The average Bonchev–Trinajstić information content (AvgIpc) is 3.26. The normalized spacial score (nSPS) is 17.1. The van der Waals surface area contributed by atoms with Crippen LogP contribution >= 0.6 is 11.3 Å². The van der Waals surface area contributed by atoms with Crippen LogP contribution in [0.4, 0.5) is 0 Å². The van der Waals surface area contributed by atoms with Crippen molar-refractivity contribution in [3.05, 3.63) is 64.5 Å². The lowest BCUT2D eigenvalue weighted by Crippen LogP contribution is -2.38. The van der Waals surface area contributed by atoms with Crippen LogP contribution in [0.5, 0.6) is 0 Å². The van der Waals surface area contributed by atoms with Gasteiger partial charge in [0.25, 0.3) is 5.91 Å². The predicted octanol–water partition coefficient (Wildman–Crippen LogP) is 3.09. The summed E-state index contributed by atoms with van der Waals surface area (Å²) in [7, 11) is 0. The van der Waals surface area contributed by atoms with Crippen molar-refractivity contribution in [2.45, 2.75) is 19.4 Å². The first-order valence-electron chi connectivity index (χ1n) is 7.55. The Bertz CT molecular complexity index is 840. The summed E-state index contributed by atoms with van der Waals surface area (Å²) in [5, 5.41) is 2.11. The van der Waals surface area contributed by atoms with Gasteiger partial charge in [-0.05, 0) is 42.5 Å². The maximum Gasteiger partial charge on any atom is 0.254 e. The Morgan fingerprint density at radius 1 is 1.35 bits per heavy atom. The largest absolute Gasteiger partial charge is 0.331 e. The Morgan fingerprint density at radius 3 is 3.09 bits per heavy atom. The third-order valence-electron chi connectivity index (χ3n) is 4.30. The number of aromatic nitrogens is 3. The van der Waals surface area contributed by atoms with Crippen molar-refractivity contribution >= 4 is 17.2 Å². The third kappa shape index (κ3) is 2.45. The van der Waals surface area contributed by atoms with E-state index in [1.807, 2.05) is 17.2 Å². The van der Waals surface area contributed by atoms with Crippen molar-refractivity contribution in [3.63, 3.8) is 0 Å². The molecule has 1 amide bonds. The molecule has 0 radical (unpaired) electrons. The minimum absolute atomic E-state index is 0.0538. The molecule has 116 valence electrons. The minimum atomic E-state index is 0.0538. The molecular formula is C17H16N4OS. The van der Waals surface area contributed by atoms with Gasteiger partial charge in [0.15, 0.2) is 0 Å². The average molecular weight is 324 g/mol. The van der Waals surface area contributed by atoms with E-state index in [0.717, 1.165) is 13.0 Å². The van der Waals surface area contributed by atoms with Gasteiger partial charge in [-0.3, -0.25) is 9.36 Å². The van der Waals surface area contributed by atoms with E-state index in [0.29, 0.717) is 11.4 Å². The van der Waals surface area contributed by atoms with Gasteiger partial charge in [-0.2, -0.15) is 0 Å². The van der Waals surface area contributed by atoms with E-state index in [4.69, 9.17) is 0 Å². The van der Waals surface area contributed by atoms with Gasteiger partial charge in [0, 0.05) is 35.6 Å². The Hall–Kier alpha value is -2.47. The number of carbonyl (C=O) groups excluding carboxylic acids is 1. The molecule has 0 aliphatic carbocycles. The van der Waals surface area contributed by atoms with E-state index < -0.39 is 0 Å². The second-order valence-electron chi connectivity index (χ2n) is 5.60. The molecule has 0 unspecified atom stereocenters. The molecule has 1 atom stereocenters. The van der Waals surface area contributed by atoms with E-state index in [2.05, 4.69) is 28.3 Å². The first kappa shape index (κ1) is 14.1. The van der Waals surface area contributed by atoms with Crippen LogP contribution in [0, 0.1) is 0 Å². The number of hydrogen-bond donors (Lipinski definition) is 0. The number of rotatable bonds is 2. The Labute approximate surface area is 138 Å². The number of carbonyl (C=O) groups is 1. The lowest BCUT2D eigenvalue weighted by molar-refractivity contribution is 0.0679. The van der Waals surface area contributed by atoms with E-state index in [1.54, 1.807) is 40.7 Å². The minimum Gasteiger partial charge on any atom is -0.331 e. The summed E-state index contributed by atoms with van der Waals surface area (Å²) in [6.07, 6.45) is 7.80. The molecule has 0 N–H and O–H groups in total. The molecule has 23 heavy (non-hydrogen) atoms. The number of hydrogen-bond acceptors (Lipinski definition) is 4. The van der Waals surface area contributed by atoms with Crippen LogP contribution in [-0.4, -0.2) is 31.9 Å². The van der Waals surface area contributed by atoms with E-state index in [9.17, 15) is 4.79 Å². The van der Waals surface area contributed by atoms with Crippen LogP contribution in [0.3, 0.4) is 0 Å². The van der Waals surface area contributed by atoms with Gasteiger partial charge in [-0.15, -0.1) is 11.3 Å². The Morgan fingerprint density at radius 2 is 2.26 bits per heavy atom. The van der Waals surface area contributed by atoms with E-state index in [1.165, 1.54) is 10.4 Å². The second-order valence-corrected chi connectivity index (χ2v) is 6.60. The van der Waals surface area contributed by atoms with E-state index in [-0.39, 0.29) is 11.9 Å². The lowest BCUT2D eigenvalue weighted by Gasteiger charge is -2.33. The molecule has 5 nitrogen and oxygen atoms in total.